The molecule has 0 radical (unpaired) electrons. The molecule has 0 aliphatic carbocycles. The Labute approximate surface area is 177 Å². The molecule has 6 heteroatoms. The molecule has 29 heavy (non-hydrogen) atoms. The van der Waals surface area contributed by atoms with Gasteiger partial charge in [-0.05, 0) is 47.7 Å². The zero-order valence-electron chi connectivity index (χ0n) is 17.6. The van der Waals surface area contributed by atoms with E-state index in [1.54, 1.807) is 6.08 Å². The molecule has 154 valence electrons. The molecular weight excluding hydrogens is 382 g/mol. The molecule has 1 saturated heterocycles. The maximum Gasteiger partial charge on any atom is 0.270 e. The third-order valence-electron chi connectivity index (χ3n) is 5.11. The number of rotatable bonds is 4. The van der Waals surface area contributed by atoms with Crippen LogP contribution in [0.2, 0.25) is 0 Å². The van der Waals surface area contributed by atoms with Crippen LogP contribution in [0.1, 0.15) is 41.6 Å². The van der Waals surface area contributed by atoms with Gasteiger partial charge in [-0.2, -0.15) is 0 Å². The number of nitrogens with zero attached hydrogens (tertiary/aromatic N) is 2. The minimum absolute atomic E-state index is 0.0244. The van der Waals surface area contributed by atoms with Crippen LogP contribution >= 0.6 is 11.3 Å². The van der Waals surface area contributed by atoms with Crippen molar-refractivity contribution in [2.24, 2.45) is 0 Å². The summed E-state index contributed by atoms with van der Waals surface area (Å²) >= 11 is 1.54. The number of carbonyl (C=O) groups excluding carboxylic acids is 2. The molecule has 1 aliphatic rings. The zero-order valence-corrected chi connectivity index (χ0v) is 18.4. The molecular formula is C23H29N3O2S. The van der Waals surface area contributed by atoms with Gasteiger partial charge in [0.2, 0.25) is 0 Å². The first-order valence-electron chi connectivity index (χ1n) is 9.89. The second-order valence-corrected chi connectivity index (χ2v) is 9.43. The summed E-state index contributed by atoms with van der Waals surface area (Å²) in [5.74, 6) is -0.401. The average molecular weight is 412 g/mol. The molecule has 2 amide bonds. The summed E-state index contributed by atoms with van der Waals surface area (Å²) in [6.07, 6.45) is 1.77. The van der Waals surface area contributed by atoms with Crippen molar-refractivity contribution in [2.45, 2.75) is 26.2 Å². The number of carbonyl (C=O) groups is 2. The van der Waals surface area contributed by atoms with Crippen molar-refractivity contribution in [1.29, 1.82) is 0 Å². The number of hydrogen-bond donors (Lipinski definition) is 1. The Balaban J connectivity index is 1.79. The van der Waals surface area contributed by atoms with Crippen molar-refractivity contribution >= 4 is 29.2 Å². The van der Waals surface area contributed by atoms with Crippen molar-refractivity contribution in [3.63, 3.8) is 0 Å². The van der Waals surface area contributed by atoms with Gasteiger partial charge in [-0.3, -0.25) is 9.59 Å². The van der Waals surface area contributed by atoms with Crippen LogP contribution in [-0.4, -0.2) is 54.8 Å². The van der Waals surface area contributed by atoms with E-state index < -0.39 is 0 Å². The maximum atomic E-state index is 13.1. The quantitative estimate of drug-likeness (QED) is 0.783. The molecule has 1 aromatic heterocycles. The lowest BCUT2D eigenvalue weighted by atomic mass is 9.87. The van der Waals surface area contributed by atoms with Crippen LogP contribution in [-0.2, 0) is 10.2 Å². The molecule has 5 nitrogen and oxygen atoms in total. The Bertz CT molecular complexity index is 872. The van der Waals surface area contributed by atoms with Crippen molar-refractivity contribution in [1.82, 2.24) is 15.1 Å². The zero-order chi connectivity index (χ0) is 21.0. The highest BCUT2D eigenvalue weighted by Gasteiger charge is 2.24. The first kappa shape index (κ1) is 21.3. The lowest BCUT2D eigenvalue weighted by Gasteiger charge is -2.33. The van der Waals surface area contributed by atoms with Crippen LogP contribution in [0.25, 0.3) is 6.08 Å². The van der Waals surface area contributed by atoms with E-state index in [1.807, 2.05) is 53.7 Å². The van der Waals surface area contributed by atoms with Gasteiger partial charge in [0, 0.05) is 36.6 Å². The summed E-state index contributed by atoms with van der Waals surface area (Å²) in [5.41, 5.74) is 2.05. The SMILES string of the molecule is CN1CCN(C(=O)/C(=C/c2cccs2)NC(=O)c2ccc(C(C)(C)C)cc2)CC1. The van der Waals surface area contributed by atoms with E-state index in [9.17, 15) is 9.59 Å². The highest BCUT2D eigenvalue weighted by Crippen LogP contribution is 2.22. The van der Waals surface area contributed by atoms with Gasteiger partial charge in [0.05, 0.1) is 0 Å². The van der Waals surface area contributed by atoms with Gasteiger partial charge in [0.1, 0.15) is 5.70 Å². The fraction of sp³-hybridized carbons (Fsp3) is 0.391. The summed E-state index contributed by atoms with van der Waals surface area (Å²) in [7, 11) is 2.05. The molecule has 0 spiro atoms. The van der Waals surface area contributed by atoms with Gasteiger partial charge in [-0.25, -0.2) is 0 Å². The Kier molecular flexibility index (Phi) is 6.55. The summed E-state index contributed by atoms with van der Waals surface area (Å²) in [6, 6.07) is 11.4. The van der Waals surface area contributed by atoms with Crippen LogP contribution in [0.15, 0.2) is 47.5 Å². The van der Waals surface area contributed by atoms with Crippen molar-refractivity contribution in [3.8, 4) is 0 Å². The van der Waals surface area contributed by atoms with E-state index in [-0.39, 0.29) is 17.2 Å². The summed E-state index contributed by atoms with van der Waals surface area (Å²) in [4.78, 5) is 30.9. The summed E-state index contributed by atoms with van der Waals surface area (Å²) in [5, 5.41) is 4.82. The van der Waals surface area contributed by atoms with Gasteiger partial charge in [0.25, 0.3) is 11.8 Å². The van der Waals surface area contributed by atoms with E-state index >= 15 is 0 Å². The van der Waals surface area contributed by atoms with E-state index in [0.29, 0.717) is 24.4 Å². The molecule has 2 aromatic rings. The topological polar surface area (TPSA) is 52.6 Å². The number of hydrogen-bond acceptors (Lipinski definition) is 4. The van der Waals surface area contributed by atoms with E-state index in [0.717, 1.165) is 23.5 Å². The van der Waals surface area contributed by atoms with Crippen LogP contribution in [0, 0.1) is 0 Å². The normalized spacial score (nSPS) is 16.0. The second kappa shape index (κ2) is 8.93. The molecule has 1 N–H and O–H groups in total. The van der Waals surface area contributed by atoms with Crippen LogP contribution in [0.5, 0.6) is 0 Å². The lowest BCUT2D eigenvalue weighted by molar-refractivity contribution is -0.128. The van der Waals surface area contributed by atoms with Crippen molar-refractivity contribution in [2.75, 3.05) is 33.2 Å². The molecule has 0 bridgehead atoms. The van der Waals surface area contributed by atoms with Crippen molar-refractivity contribution < 1.29 is 9.59 Å². The molecule has 1 aromatic carbocycles. The van der Waals surface area contributed by atoms with Crippen LogP contribution < -0.4 is 5.32 Å². The highest BCUT2D eigenvalue weighted by atomic mass is 32.1. The Morgan fingerprint density at radius 3 is 2.24 bits per heavy atom. The van der Waals surface area contributed by atoms with Gasteiger partial charge in [-0.1, -0.05) is 39.0 Å². The molecule has 1 fully saturated rings. The van der Waals surface area contributed by atoms with Gasteiger partial charge in [-0.15, -0.1) is 11.3 Å². The minimum atomic E-state index is -0.268. The smallest absolute Gasteiger partial charge is 0.270 e. The predicted molar refractivity (Wildman–Crippen MR) is 119 cm³/mol. The maximum absolute atomic E-state index is 13.1. The second-order valence-electron chi connectivity index (χ2n) is 8.45. The molecule has 0 unspecified atom stereocenters. The summed E-state index contributed by atoms with van der Waals surface area (Å²) < 4.78 is 0. The van der Waals surface area contributed by atoms with E-state index in [2.05, 4.69) is 31.0 Å². The third kappa shape index (κ3) is 5.55. The monoisotopic (exact) mass is 411 g/mol. The Morgan fingerprint density at radius 2 is 1.69 bits per heavy atom. The van der Waals surface area contributed by atoms with Gasteiger partial charge < -0.3 is 15.1 Å². The van der Waals surface area contributed by atoms with Gasteiger partial charge in [0.15, 0.2) is 0 Å². The Hall–Kier alpha value is -2.44. The number of nitrogens with one attached hydrogen (secondary N) is 1. The number of benzene rings is 1. The predicted octanol–water partition coefficient (Wildman–Crippen LogP) is 3.59. The van der Waals surface area contributed by atoms with Crippen molar-refractivity contribution in [3.05, 3.63) is 63.5 Å². The fourth-order valence-electron chi connectivity index (χ4n) is 3.16. The Morgan fingerprint density at radius 1 is 1.03 bits per heavy atom. The lowest BCUT2D eigenvalue weighted by Crippen LogP contribution is -2.49. The average Bonchev–Trinajstić information content (AvgIpc) is 3.20. The van der Waals surface area contributed by atoms with E-state index in [1.165, 1.54) is 11.3 Å². The molecule has 0 atom stereocenters. The van der Waals surface area contributed by atoms with E-state index in [4.69, 9.17) is 0 Å². The van der Waals surface area contributed by atoms with Crippen LogP contribution in [0.4, 0.5) is 0 Å². The fourth-order valence-corrected chi connectivity index (χ4v) is 3.82. The molecule has 1 aliphatic heterocycles. The van der Waals surface area contributed by atoms with Gasteiger partial charge >= 0.3 is 0 Å². The largest absolute Gasteiger partial charge is 0.335 e. The summed E-state index contributed by atoms with van der Waals surface area (Å²) in [6.45, 7) is 9.40. The standard InChI is InChI=1S/C23H29N3O2S/c1-23(2,3)18-9-7-17(8-10-18)21(27)24-20(16-19-6-5-15-29-19)22(28)26-13-11-25(4)12-14-26/h5-10,15-16H,11-14H2,1-4H3,(H,24,27)/b20-16-. The first-order chi connectivity index (χ1) is 13.7. The molecule has 2 heterocycles. The number of piperazine rings is 1. The minimum Gasteiger partial charge on any atom is -0.335 e. The third-order valence-corrected chi connectivity index (χ3v) is 5.93. The first-order valence-corrected chi connectivity index (χ1v) is 10.8. The molecule has 0 saturated carbocycles. The van der Waals surface area contributed by atoms with Crippen LogP contribution in [0.3, 0.4) is 0 Å². The highest BCUT2D eigenvalue weighted by molar-refractivity contribution is 7.10. The molecule has 3 rings (SSSR count). The number of thiophene rings is 1. The number of amides is 2. The number of likely N-dealkylation sites (N-methyl/N-ethyl adjacent to an activating group) is 1.